The Morgan fingerprint density at radius 1 is 1.73 bits per heavy atom. The van der Waals surface area contributed by atoms with Gasteiger partial charge in [0.1, 0.15) is 6.10 Å². The summed E-state index contributed by atoms with van der Waals surface area (Å²) in [4.78, 5) is 14.8. The number of nitrogens with two attached hydrogens (primary N) is 1. The summed E-state index contributed by atoms with van der Waals surface area (Å²) in [5.74, 6) is -0.890. The lowest BCUT2D eigenvalue weighted by atomic mass is 10.2. The zero-order chi connectivity index (χ0) is 11.3. The van der Waals surface area contributed by atoms with E-state index in [4.69, 9.17) is 5.73 Å². The summed E-state index contributed by atoms with van der Waals surface area (Å²) in [7, 11) is 0. The van der Waals surface area contributed by atoms with E-state index in [0.29, 0.717) is 6.42 Å². The molecule has 0 aliphatic carbocycles. The first kappa shape index (κ1) is 11.6. The van der Waals surface area contributed by atoms with Gasteiger partial charge in [-0.05, 0) is 25.0 Å². The zero-order valence-corrected chi connectivity index (χ0v) is 8.34. The van der Waals surface area contributed by atoms with Gasteiger partial charge in [-0.3, -0.25) is 0 Å². The number of carbonyl (C=O) groups is 1. The molecule has 0 radical (unpaired) electrons. The molecule has 84 valence electrons. The maximum absolute atomic E-state index is 11.1. The minimum absolute atomic E-state index is 0.0245. The first-order chi connectivity index (χ1) is 7.19. The Bertz CT molecular complexity index is 325. The quantitative estimate of drug-likeness (QED) is 0.644. The largest absolute Gasteiger partial charge is 0.460 e. The maximum atomic E-state index is 11.1. The van der Waals surface area contributed by atoms with Crippen LogP contribution in [-0.4, -0.2) is 34.4 Å². The molecule has 0 aliphatic rings. The average Bonchev–Trinajstić information content (AvgIpc) is 2.67. The third-order valence-electron chi connectivity index (χ3n) is 1.62. The lowest BCUT2D eigenvalue weighted by Crippen LogP contribution is -2.09. The van der Waals surface area contributed by atoms with E-state index in [2.05, 4.69) is 19.4 Å². The second-order valence-corrected chi connectivity index (χ2v) is 2.77. The van der Waals surface area contributed by atoms with Crippen LogP contribution in [0.15, 0.2) is 4.52 Å². The van der Waals surface area contributed by atoms with Crippen molar-refractivity contribution in [2.75, 3.05) is 13.2 Å². The van der Waals surface area contributed by atoms with Crippen molar-refractivity contribution in [3.8, 4) is 0 Å². The second kappa shape index (κ2) is 5.42. The van der Waals surface area contributed by atoms with Gasteiger partial charge in [0.05, 0.1) is 6.61 Å². The summed E-state index contributed by atoms with van der Waals surface area (Å²) in [5, 5.41) is 12.8. The van der Waals surface area contributed by atoms with Crippen LogP contribution in [-0.2, 0) is 4.74 Å². The van der Waals surface area contributed by atoms with Gasteiger partial charge in [0.25, 0.3) is 11.7 Å². The predicted molar refractivity (Wildman–Crippen MR) is 48.9 cm³/mol. The van der Waals surface area contributed by atoms with E-state index < -0.39 is 12.1 Å². The maximum Gasteiger partial charge on any atom is 0.379 e. The van der Waals surface area contributed by atoms with Gasteiger partial charge in [-0.15, -0.1) is 0 Å². The molecule has 1 heterocycles. The topological polar surface area (TPSA) is 111 Å². The molecule has 7 nitrogen and oxygen atoms in total. The molecule has 1 rings (SSSR count). The van der Waals surface area contributed by atoms with Crippen LogP contribution in [0.4, 0.5) is 0 Å². The molecule has 0 aromatic carbocycles. The fourth-order valence-electron chi connectivity index (χ4n) is 0.930. The number of aromatic nitrogens is 2. The van der Waals surface area contributed by atoms with Crippen molar-refractivity contribution in [1.29, 1.82) is 0 Å². The van der Waals surface area contributed by atoms with Crippen molar-refractivity contribution in [2.24, 2.45) is 5.73 Å². The third-order valence-corrected chi connectivity index (χ3v) is 1.62. The highest BCUT2D eigenvalue weighted by molar-refractivity contribution is 5.84. The molecule has 1 aromatic heterocycles. The summed E-state index contributed by atoms with van der Waals surface area (Å²) in [6, 6.07) is 0. The third kappa shape index (κ3) is 3.00. The lowest BCUT2D eigenvalue weighted by molar-refractivity contribution is 0.0508. The van der Waals surface area contributed by atoms with E-state index in [1.807, 2.05) is 0 Å². The highest BCUT2D eigenvalue weighted by Gasteiger charge is 2.19. The summed E-state index contributed by atoms with van der Waals surface area (Å²) in [6.07, 6.45) is -0.643. The second-order valence-electron chi connectivity index (χ2n) is 2.77. The predicted octanol–water partition coefficient (Wildman–Crippen LogP) is -0.372. The van der Waals surface area contributed by atoms with Crippen LogP contribution in [0.3, 0.4) is 0 Å². The standard InChI is InChI=1S/C8H13N3O4/c1-2-14-8(13)6-10-7(15-11-6)5(12)3-4-9/h5,12H,2-4,9H2,1H3. The molecular formula is C8H13N3O4. The van der Waals surface area contributed by atoms with E-state index in [-0.39, 0.29) is 24.9 Å². The van der Waals surface area contributed by atoms with Crippen molar-refractivity contribution in [3.05, 3.63) is 11.7 Å². The number of esters is 1. The van der Waals surface area contributed by atoms with Crippen LogP contribution in [0.2, 0.25) is 0 Å². The Morgan fingerprint density at radius 3 is 3.07 bits per heavy atom. The number of aliphatic hydroxyl groups excluding tert-OH is 1. The fourth-order valence-corrected chi connectivity index (χ4v) is 0.930. The molecule has 0 amide bonds. The van der Waals surface area contributed by atoms with Crippen LogP contribution in [0, 0.1) is 0 Å². The molecule has 7 heteroatoms. The zero-order valence-electron chi connectivity index (χ0n) is 8.34. The first-order valence-corrected chi connectivity index (χ1v) is 4.57. The average molecular weight is 215 g/mol. The molecule has 15 heavy (non-hydrogen) atoms. The fraction of sp³-hybridized carbons (Fsp3) is 0.625. The van der Waals surface area contributed by atoms with Crippen molar-refractivity contribution in [1.82, 2.24) is 10.1 Å². The molecule has 1 unspecified atom stereocenters. The minimum atomic E-state index is -0.939. The van der Waals surface area contributed by atoms with E-state index in [1.165, 1.54) is 0 Å². The van der Waals surface area contributed by atoms with Gasteiger partial charge in [-0.25, -0.2) is 4.79 Å². The summed E-state index contributed by atoms with van der Waals surface area (Å²) in [5.41, 5.74) is 5.24. The van der Waals surface area contributed by atoms with Gasteiger partial charge in [-0.1, -0.05) is 0 Å². The van der Waals surface area contributed by atoms with Gasteiger partial charge < -0.3 is 20.1 Å². The van der Waals surface area contributed by atoms with Crippen molar-refractivity contribution < 1.29 is 19.2 Å². The van der Waals surface area contributed by atoms with Crippen LogP contribution in [0.25, 0.3) is 0 Å². The van der Waals surface area contributed by atoms with E-state index in [1.54, 1.807) is 6.92 Å². The highest BCUT2D eigenvalue weighted by Crippen LogP contribution is 2.13. The van der Waals surface area contributed by atoms with Crippen LogP contribution in [0.1, 0.15) is 36.0 Å². The number of ether oxygens (including phenoxy) is 1. The Kier molecular flexibility index (Phi) is 4.19. The van der Waals surface area contributed by atoms with Gasteiger partial charge in [0.15, 0.2) is 0 Å². The first-order valence-electron chi connectivity index (χ1n) is 4.57. The number of hydrogen-bond donors (Lipinski definition) is 2. The molecule has 0 spiro atoms. The molecule has 0 saturated carbocycles. The number of nitrogens with zero attached hydrogens (tertiary/aromatic N) is 2. The van der Waals surface area contributed by atoms with Crippen molar-refractivity contribution in [3.63, 3.8) is 0 Å². The van der Waals surface area contributed by atoms with Crippen LogP contribution < -0.4 is 5.73 Å². The SMILES string of the molecule is CCOC(=O)c1noc(C(O)CCN)n1. The monoisotopic (exact) mass is 215 g/mol. The Balaban J connectivity index is 2.67. The number of carbonyl (C=O) groups excluding carboxylic acids is 1. The normalized spacial score (nSPS) is 12.5. The minimum Gasteiger partial charge on any atom is -0.460 e. The van der Waals surface area contributed by atoms with Gasteiger partial charge in [0.2, 0.25) is 0 Å². The molecule has 1 aromatic rings. The van der Waals surface area contributed by atoms with E-state index >= 15 is 0 Å². The molecule has 0 saturated heterocycles. The van der Waals surface area contributed by atoms with E-state index in [9.17, 15) is 9.90 Å². The Morgan fingerprint density at radius 2 is 2.47 bits per heavy atom. The van der Waals surface area contributed by atoms with E-state index in [0.717, 1.165) is 0 Å². The Hall–Kier alpha value is -1.47. The molecule has 0 fully saturated rings. The summed E-state index contributed by atoms with van der Waals surface area (Å²) in [6.45, 7) is 2.19. The number of aliphatic hydroxyl groups is 1. The smallest absolute Gasteiger partial charge is 0.379 e. The number of hydrogen-bond acceptors (Lipinski definition) is 7. The van der Waals surface area contributed by atoms with Gasteiger partial charge in [0, 0.05) is 0 Å². The van der Waals surface area contributed by atoms with Crippen molar-refractivity contribution in [2.45, 2.75) is 19.4 Å². The molecule has 3 N–H and O–H groups in total. The molecule has 1 atom stereocenters. The van der Waals surface area contributed by atoms with Crippen LogP contribution in [0.5, 0.6) is 0 Å². The molecule has 0 aliphatic heterocycles. The molecular weight excluding hydrogens is 202 g/mol. The highest BCUT2D eigenvalue weighted by atomic mass is 16.5. The summed E-state index contributed by atoms with van der Waals surface area (Å²) >= 11 is 0. The lowest BCUT2D eigenvalue weighted by Gasteiger charge is -2.00. The Labute approximate surface area is 86.2 Å². The van der Waals surface area contributed by atoms with Gasteiger partial charge in [-0.2, -0.15) is 4.98 Å². The molecule has 0 bridgehead atoms. The summed E-state index contributed by atoms with van der Waals surface area (Å²) < 4.78 is 9.33. The van der Waals surface area contributed by atoms with Crippen LogP contribution >= 0.6 is 0 Å². The number of rotatable bonds is 5. The van der Waals surface area contributed by atoms with Crippen molar-refractivity contribution >= 4 is 5.97 Å². The van der Waals surface area contributed by atoms with Gasteiger partial charge >= 0.3 is 5.97 Å².